The fourth-order valence-corrected chi connectivity index (χ4v) is 4.13. The molecule has 4 aromatic heterocycles. The summed E-state index contributed by atoms with van der Waals surface area (Å²) in [6, 6.07) is 5.98. The van der Waals surface area contributed by atoms with E-state index >= 15 is 0 Å². The molecule has 0 bridgehead atoms. The lowest BCUT2D eigenvalue weighted by Gasteiger charge is -2.15. The van der Waals surface area contributed by atoms with Crippen LogP contribution in [0.1, 0.15) is 24.5 Å². The Labute approximate surface area is 189 Å². The number of rotatable bonds is 5. The van der Waals surface area contributed by atoms with Gasteiger partial charge in [-0.25, -0.2) is 8.78 Å². The van der Waals surface area contributed by atoms with E-state index < -0.39 is 5.92 Å². The van der Waals surface area contributed by atoms with E-state index in [2.05, 4.69) is 31.7 Å². The first-order valence-corrected chi connectivity index (χ1v) is 10.8. The Morgan fingerprint density at radius 1 is 1.24 bits per heavy atom. The topological polar surface area (TPSA) is 73.5 Å². The third-order valence-electron chi connectivity index (χ3n) is 5.98. The van der Waals surface area contributed by atoms with Gasteiger partial charge in [0.1, 0.15) is 5.69 Å². The van der Waals surface area contributed by atoms with Gasteiger partial charge in [-0.2, -0.15) is 5.10 Å². The molecule has 168 valence electrons. The van der Waals surface area contributed by atoms with Crippen molar-refractivity contribution in [3.8, 4) is 11.4 Å². The number of nitrogens with one attached hydrogen (secondary N) is 2. The zero-order chi connectivity index (χ0) is 23.0. The number of halogens is 2. The Kier molecular flexibility index (Phi) is 5.38. The average Bonchev–Trinajstić information content (AvgIpc) is 3.48. The van der Waals surface area contributed by atoms with Crippen LogP contribution in [0.4, 0.5) is 8.78 Å². The number of pyridine rings is 2. The summed E-state index contributed by atoms with van der Waals surface area (Å²) in [5.74, 6) is -2.59. The summed E-state index contributed by atoms with van der Waals surface area (Å²) in [6.07, 6.45) is 10.9. The smallest absolute Gasteiger partial charge is 0.261 e. The van der Waals surface area contributed by atoms with E-state index in [4.69, 9.17) is 0 Å². The van der Waals surface area contributed by atoms with Crippen LogP contribution in [0.3, 0.4) is 0 Å². The normalized spacial score (nSPS) is 17.3. The van der Waals surface area contributed by atoms with E-state index in [1.54, 1.807) is 29.7 Å². The highest BCUT2D eigenvalue weighted by Crippen LogP contribution is 2.28. The number of H-pyrrole nitrogens is 2. The maximum Gasteiger partial charge on any atom is 0.261 e. The molecule has 0 atom stereocenters. The van der Waals surface area contributed by atoms with Gasteiger partial charge in [0.2, 0.25) is 0 Å². The van der Waals surface area contributed by atoms with Crippen molar-refractivity contribution < 1.29 is 8.78 Å². The second kappa shape index (κ2) is 8.37. The highest BCUT2D eigenvalue weighted by atomic mass is 19.3. The molecule has 0 spiro atoms. The van der Waals surface area contributed by atoms with Crippen molar-refractivity contribution in [2.24, 2.45) is 0 Å². The van der Waals surface area contributed by atoms with Crippen molar-refractivity contribution in [2.45, 2.75) is 25.8 Å². The summed E-state index contributed by atoms with van der Waals surface area (Å²) < 4.78 is 26.9. The number of aromatic amines is 2. The molecule has 8 heteroatoms. The molecule has 0 amide bonds. The number of fused-ring (bicyclic) bond motifs is 1. The molecule has 1 aliphatic heterocycles. The molecule has 6 nitrogen and oxygen atoms in total. The summed E-state index contributed by atoms with van der Waals surface area (Å²) in [7, 11) is 0. The van der Waals surface area contributed by atoms with Gasteiger partial charge >= 0.3 is 0 Å². The molecule has 0 aromatic carbocycles. The lowest BCUT2D eigenvalue weighted by atomic mass is 10.1. The van der Waals surface area contributed by atoms with Crippen LogP contribution in [-0.4, -0.2) is 49.1 Å². The number of likely N-dealkylation sites (tertiary alicyclic amines) is 1. The summed E-state index contributed by atoms with van der Waals surface area (Å²) >= 11 is 0. The molecule has 33 heavy (non-hydrogen) atoms. The fraction of sp³-hybridized carbons (Fsp3) is 0.240. The second-order valence-electron chi connectivity index (χ2n) is 8.53. The van der Waals surface area contributed by atoms with Gasteiger partial charge in [0.15, 0.2) is 0 Å². The fourth-order valence-electron chi connectivity index (χ4n) is 4.13. The Bertz CT molecular complexity index is 1420. The Morgan fingerprint density at radius 3 is 2.91 bits per heavy atom. The van der Waals surface area contributed by atoms with Crippen molar-refractivity contribution in [3.05, 3.63) is 70.8 Å². The summed E-state index contributed by atoms with van der Waals surface area (Å²) in [6.45, 7) is 6.87. The van der Waals surface area contributed by atoms with Crippen LogP contribution >= 0.6 is 0 Å². The van der Waals surface area contributed by atoms with Crippen LogP contribution in [0.5, 0.6) is 0 Å². The van der Waals surface area contributed by atoms with Crippen LogP contribution < -0.4 is 10.6 Å². The number of aromatic nitrogens is 5. The van der Waals surface area contributed by atoms with Crippen LogP contribution in [0, 0.1) is 0 Å². The van der Waals surface area contributed by atoms with Crippen molar-refractivity contribution in [1.29, 1.82) is 0 Å². The first-order valence-electron chi connectivity index (χ1n) is 10.8. The maximum atomic E-state index is 13.5. The highest BCUT2D eigenvalue weighted by molar-refractivity contribution is 5.84. The van der Waals surface area contributed by atoms with E-state index in [1.165, 1.54) is 0 Å². The van der Waals surface area contributed by atoms with Crippen molar-refractivity contribution >= 4 is 29.1 Å². The number of alkyl halides is 2. The number of allylic oxidation sites excluding steroid dienone is 2. The van der Waals surface area contributed by atoms with E-state index in [0.717, 1.165) is 49.6 Å². The van der Waals surface area contributed by atoms with E-state index in [0.29, 0.717) is 13.1 Å². The molecule has 2 N–H and O–H groups in total. The zero-order valence-corrected chi connectivity index (χ0v) is 18.3. The van der Waals surface area contributed by atoms with Gasteiger partial charge in [0.05, 0.1) is 29.3 Å². The van der Waals surface area contributed by atoms with Gasteiger partial charge in [-0.15, -0.1) is 0 Å². The molecule has 5 heterocycles. The SMILES string of the molecule is C=c1c(-c2cc3ccncc3[nH]2)n[nH]/c1=C/C=C(\C)c1cncc(CN2CCC(F)(F)C2)c1. The minimum atomic E-state index is -2.59. The van der Waals surface area contributed by atoms with Crippen molar-refractivity contribution in [1.82, 2.24) is 30.0 Å². The predicted molar refractivity (Wildman–Crippen MR) is 126 cm³/mol. The van der Waals surface area contributed by atoms with Crippen LogP contribution in [0.15, 0.2) is 49.1 Å². The lowest BCUT2D eigenvalue weighted by molar-refractivity contribution is 0.0115. The number of hydrogen-bond donors (Lipinski definition) is 2. The number of hydrogen-bond acceptors (Lipinski definition) is 4. The van der Waals surface area contributed by atoms with Gasteiger partial charge < -0.3 is 4.98 Å². The minimum absolute atomic E-state index is 0.0804. The molecule has 5 rings (SSSR count). The van der Waals surface area contributed by atoms with Gasteiger partial charge in [0, 0.05) is 48.7 Å². The third kappa shape index (κ3) is 4.47. The average molecular weight is 447 g/mol. The molecular formula is C25H24F2N6. The molecule has 1 aliphatic rings. The molecule has 0 saturated carbocycles. The van der Waals surface area contributed by atoms with Gasteiger partial charge in [-0.3, -0.25) is 20.0 Å². The summed E-state index contributed by atoms with van der Waals surface area (Å²) in [5, 5.41) is 10.2. The standard InChI is InChI=1S/C25H24F2N6/c1-16(20-9-18(11-29-12-20)14-33-8-6-25(26,27)15-33)3-4-21-17(2)24(32-31-21)22-10-19-5-7-28-13-23(19)30-22/h3-5,7,9-13,30-31H,2,6,8,14-15H2,1H3/b16-3+,21-4+. The monoisotopic (exact) mass is 446 g/mol. The van der Waals surface area contributed by atoms with E-state index in [1.807, 2.05) is 37.3 Å². The summed E-state index contributed by atoms with van der Waals surface area (Å²) in [5.41, 5.74) is 5.46. The molecule has 4 aromatic rings. The van der Waals surface area contributed by atoms with Gasteiger partial charge in [0.25, 0.3) is 5.92 Å². The highest BCUT2D eigenvalue weighted by Gasteiger charge is 2.37. The van der Waals surface area contributed by atoms with E-state index in [9.17, 15) is 8.78 Å². The molecule has 0 radical (unpaired) electrons. The van der Waals surface area contributed by atoms with E-state index in [-0.39, 0.29) is 13.0 Å². The number of nitrogens with zero attached hydrogens (tertiary/aromatic N) is 4. The lowest BCUT2D eigenvalue weighted by Crippen LogP contribution is -2.24. The Hall–Kier alpha value is -3.65. The molecule has 1 fully saturated rings. The maximum absolute atomic E-state index is 13.5. The van der Waals surface area contributed by atoms with Crippen molar-refractivity contribution in [3.63, 3.8) is 0 Å². The minimum Gasteiger partial charge on any atom is -0.352 e. The molecule has 1 saturated heterocycles. The first kappa shape index (κ1) is 21.2. The molecule has 0 unspecified atom stereocenters. The Morgan fingerprint density at radius 2 is 2.12 bits per heavy atom. The van der Waals surface area contributed by atoms with Gasteiger partial charge in [-0.05, 0) is 47.9 Å². The van der Waals surface area contributed by atoms with Crippen LogP contribution in [0.25, 0.3) is 40.5 Å². The second-order valence-corrected chi connectivity index (χ2v) is 8.53. The van der Waals surface area contributed by atoms with Crippen LogP contribution in [0.2, 0.25) is 0 Å². The van der Waals surface area contributed by atoms with Gasteiger partial charge in [-0.1, -0.05) is 12.7 Å². The predicted octanol–water partition coefficient (Wildman–Crippen LogP) is 3.48. The third-order valence-corrected chi connectivity index (χ3v) is 5.98. The molecular weight excluding hydrogens is 422 g/mol. The largest absolute Gasteiger partial charge is 0.352 e. The molecule has 0 aliphatic carbocycles. The van der Waals surface area contributed by atoms with Crippen molar-refractivity contribution in [2.75, 3.05) is 13.1 Å². The quantitative estimate of drug-likeness (QED) is 0.492. The zero-order valence-electron chi connectivity index (χ0n) is 18.3. The summed E-state index contributed by atoms with van der Waals surface area (Å²) in [4.78, 5) is 13.5. The Balaban J connectivity index is 1.37. The first-order chi connectivity index (χ1) is 15.9. The van der Waals surface area contributed by atoms with Crippen LogP contribution in [-0.2, 0) is 6.54 Å².